The highest BCUT2D eigenvalue weighted by Crippen LogP contribution is 2.31. The van der Waals surface area contributed by atoms with E-state index >= 15 is 0 Å². The van der Waals surface area contributed by atoms with Crippen molar-refractivity contribution in [2.24, 2.45) is 0 Å². The number of carbonyl (C=O) groups is 1. The Kier molecular flexibility index (Phi) is 4.07. The minimum absolute atomic E-state index is 0.517. The first kappa shape index (κ1) is 13.1. The van der Waals surface area contributed by atoms with E-state index in [1.54, 1.807) is 6.08 Å². The van der Waals surface area contributed by atoms with Gasteiger partial charge in [-0.3, -0.25) is 0 Å². The molecule has 1 heterocycles. The third-order valence-corrected chi connectivity index (χ3v) is 3.75. The zero-order valence-corrected chi connectivity index (χ0v) is 11.9. The molecule has 2 rings (SSSR count). The Balaban J connectivity index is 2.36. The minimum Gasteiger partial charge on any atom is -0.478 e. The van der Waals surface area contributed by atoms with E-state index in [9.17, 15) is 4.79 Å². The summed E-state index contributed by atoms with van der Waals surface area (Å²) < 4.78 is 0.961. The van der Waals surface area contributed by atoms with Crippen molar-refractivity contribution >= 4 is 33.7 Å². The Hall–Kier alpha value is -1.29. The molecule has 0 amide bonds. The van der Waals surface area contributed by atoms with Crippen LogP contribution in [0.1, 0.15) is 25.3 Å². The fourth-order valence-electron chi connectivity index (χ4n) is 2.37. The summed E-state index contributed by atoms with van der Waals surface area (Å²) in [5, 5.41) is 8.74. The molecule has 1 atom stereocenters. The van der Waals surface area contributed by atoms with E-state index < -0.39 is 5.97 Å². The highest BCUT2D eigenvalue weighted by molar-refractivity contribution is 9.10. The predicted octanol–water partition coefficient (Wildman–Crippen LogP) is 3.54. The summed E-state index contributed by atoms with van der Waals surface area (Å²) in [7, 11) is 0. The molecule has 0 spiro atoms. The molecule has 1 N–H and O–H groups in total. The quantitative estimate of drug-likeness (QED) is 0.868. The van der Waals surface area contributed by atoms with E-state index in [-0.39, 0.29) is 0 Å². The summed E-state index contributed by atoms with van der Waals surface area (Å²) in [6.45, 7) is 3.25. The van der Waals surface area contributed by atoms with Crippen LogP contribution < -0.4 is 4.90 Å². The molecule has 0 saturated carbocycles. The Labute approximate surface area is 115 Å². The highest BCUT2D eigenvalue weighted by atomic mass is 79.9. The van der Waals surface area contributed by atoms with Gasteiger partial charge in [0.05, 0.1) is 0 Å². The van der Waals surface area contributed by atoms with Crippen LogP contribution in [0.15, 0.2) is 28.7 Å². The molecule has 1 fully saturated rings. The second kappa shape index (κ2) is 5.57. The molecule has 0 aromatic heterocycles. The number of carboxylic acids is 1. The molecule has 0 bridgehead atoms. The molecule has 3 nitrogen and oxygen atoms in total. The maximum Gasteiger partial charge on any atom is 0.328 e. The SMILES string of the molecule is CC1CCCN1c1ccc(Br)cc1/C=C/C(=O)O. The van der Waals surface area contributed by atoms with Gasteiger partial charge in [0.25, 0.3) is 0 Å². The Bertz CT molecular complexity index is 485. The van der Waals surface area contributed by atoms with Crippen molar-refractivity contribution in [1.29, 1.82) is 0 Å². The van der Waals surface area contributed by atoms with Crippen LogP contribution in [0, 0.1) is 0 Å². The summed E-state index contributed by atoms with van der Waals surface area (Å²) in [6.07, 6.45) is 5.23. The van der Waals surface area contributed by atoms with Crippen molar-refractivity contribution in [1.82, 2.24) is 0 Å². The van der Waals surface area contributed by atoms with Gasteiger partial charge >= 0.3 is 5.97 Å². The van der Waals surface area contributed by atoms with Crippen molar-refractivity contribution in [2.75, 3.05) is 11.4 Å². The van der Waals surface area contributed by atoms with Gasteiger partial charge in [-0.15, -0.1) is 0 Å². The van der Waals surface area contributed by atoms with Gasteiger partial charge in [-0.25, -0.2) is 4.79 Å². The summed E-state index contributed by atoms with van der Waals surface area (Å²) in [5.74, 6) is -0.921. The van der Waals surface area contributed by atoms with Crippen LogP contribution in [0.2, 0.25) is 0 Å². The van der Waals surface area contributed by atoms with Gasteiger partial charge in [-0.2, -0.15) is 0 Å². The third kappa shape index (κ3) is 2.93. The lowest BCUT2D eigenvalue weighted by atomic mass is 10.1. The van der Waals surface area contributed by atoms with Crippen LogP contribution in [0.25, 0.3) is 6.08 Å². The molecule has 0 radical (unpaired) electrons. The van der Waals surface area contributed by atoms with E-state index in [1.807, 2.05) is 18.2 Å². The Morgan fingerprint density at radius 1 is 1.56 bits per heavy atom. The summed E-state index contributed by atoms with van der Waals surface area (Å²) in [5.41, 5.74) is 2.06. The molecule has 4 heteroatoms. The third-order valence-electron chi connectivity index (χ3n) is 3.26. The Morgan fingerprint density at radius 3 is 2.94 bits per heavy atom. The lowest BCUT2D eigenvalue weighted by Crippen LogP contribution is -2.26. The first-order chi connectivity index (χ1) is 8.58. The molecule has 1 saturated heterocycles. The van der Waals surface area contributed by atoms with Crippen molar-refractivity contribution < 1.29 is 9.90 Å². The molecule has 96 valence electrons. The van der Waals surface area contributed by atoms with Crippen LogP contribution in [-0.4, -0.2) is 23.7 Å². The smallest absolute Gasteiger partial charge is 0.328 e. The lowest BCUT2D eigenvalue weighted by Gasteiger charge is -2.25. The predicted molar refractivity (Wildman–Crippen MR) is 76.9 cm³/mol. The molecular weight excluding hydrogens is 294 g/mol. The number of anilines is 1. The van der Waals surface area contributed by atoms with E-state index in [0.29, 0.717) is 6.04 Å². The van der Waals surface area contributed by atoms with Crippen molar-refractivity contribution in [3.8, 4) is 0 Å². The number of hydrogen-bond donors (Lipinski definition) is 1. The van der Waals surface area contributed by atoms with E-state index in [1.165, 1.54) is 18.9 Å². The van der Waals surface area contributed by atoms with Gasteiger partial charge in [-0.1, -0.05) is 15.9 Å². The number of nitrogens with zero attached hydrogens (tertiary/aromatic N) is 1. The second-order valence-corrected chi connectivity index (χ2v) is 5.48. The van der Waals surface area contributed by atoms with Gasteiger partial charge < -0.3 is 10.0 Å². The average molecular weight is 310 g/mol. The van der Waals surface area contributed by atoms with Gasteiger partial charge in [0.2, 0.25) is 0 Å². The number of benzene rings is 1. The number of rotatable bonds is 3. The molecule has 1 aromatic rings. The van der Waals surface area contributed by atoms with Crippen LogP contribution in [0.4, 0.5) is 5.69 Å². The molecule has 1 aromatic carbocycles. The first-order valence-electron chi connectivity index (χ1n) is 6.05. The van der Waals surface area contributed by atoms with Crippen LogP contribution >= 0.6 is 15.9 Å². The second-order valence-electron chi connectivity index (χ2n) is 4.56. The van der Waals surface area contributed by atoms with Crippen LogP contribution in [-0.2, 0) is 4.79 Å². The van der Waals surface area contributed by atoms with Crippen molar-refractivity contribution in [3.63, 3.8) is 0 Å². The average Bonchev–Trinajstić information content (AvgIpc) is 2.73. The van der Waals surface area contributed by atoms with E-state index in [0.717, 1.165) is 22.3 Å². The zero-order chi connectivity index (χ0) is 13.1. The van der Waals surface area contributed by atoms with Crippen LogP contribution in [0.5, 0.6) is 0 Å². The van der Waals surface area contributed by atoms with Crippen molar-refractivity contribution in [2.45, 2.75) is 25.8 Å². The molecule has 0 aliphatic carbocycles. The normalized spacial score (nSPS) is 19.7. The summed E-state index contributed by atoms with van der Waals surface area (Å²) in [6, 6.07) is 6.52. The molecule has 1 unspecified atom stereocenters. The highest BCUT2D eigenvalue weighted by Gasteiger charge is 2.22. The van der Waals surface area contributed by atoms with E-state index in [4.69, 9.17) is 5.11 Å². The fraction of sp³-hybridized carbons (Fsp3) is 0.357. The number of hydrogen-bond acceptors (Lipinski definition) is 2. The topological polar surface area (TPSA) is 40.5 Å². The van der Waals surface area contributed by atoms with Crippen molar-refractivity contribution in [3.05, 3.63) is 34.3 Å². The lowest BCUT2D eigenvalue weighted by molar-refractivity contribution is -0.131. The van der Waals surface area contributed by atoms with Gasteiger partial charge in [0, 0.05) is 28.8 Å². The van der Waals surface area contributed by atoms with Gasteiger partial charge in [-0.05, 0) is 49.6 Å². The van der Waals surface area contributed by atoms with Crippen LogP contribution in [0.3, 0.4) is 0 Å². The number of halogens is 1. The number of aliphatic carboxylic acids is 1. The maximum absolute atomic E-state index is 10.6. The fourth-order valence-corrected chi connectivity index (χ4v) is 2.75. The van der Waals surface area contributed by atoms with Gasteiger partial charge in [0.1, 0.15) is 0 Å². The largest absolute Gasteiger partial charge is 0.478 e. The summed E-state index contributed by atoms with van der Waals surface area (Å²) >= 11 is 3.43. The molecule has 1 aliphatic heterocycles. The minimum atomic E-state index is -0.921. The molecular formula is C14H16BrNO2. The maximum atomic E-state index is 10.6. The summed E-state index contributed by atoms with van der Waals surface area (Å²) in [4.78, 5) is 13.0. The van der Waals surface area contributed by atoms with Gasteiger partial charge in [0.15, 0.2) is 0 Å². The van der Waals surface area contributed by atoms with E-state index in [2.05, 4.69) is 27.8 Å². The molecule has 1 aliphatic rings. The monoisotopic (exact) mass is 309 g/mol. The standard InChI is InChI=1S/C14H16BrNO2/c1-10-3-2-8-16(10)13-6-5-12(15)9-11(13)4-7-14(17)18/h4-7,9-10H,2-3,8H2,1H3,(H,17,18)/b7-4+. The first-order valence-corrected chi connectivity index (χ1v) is 6.84. The zero-order valence-electron chi connectivity index (χ0n) is 10.3. The number of carboxylic acid groups (broad SMARTS) is 1. The molecule has 18 heavy (non-hydrogen) atoms. The Morgan fingerprint density at radius 2 is 2.33 bits per heavy atom.